The Morgan fingerprint density at radius 3 is 2.83 bits per heavy atom. The van der Waals surface area contributed by atoms with E-state index in [1.165, 1.54) is 6.42 Å². The van der Waals surface area contributed by atoms with Gasteiger partial charge in [-0.3, -0.25) is 9.78 Å². The van der Waals surface area contributed by atoms with Crippen molar-refractivity contribution in [1.29, 1.82) is 0 Å². The molecule has 0 bridgehead atoms. The van der Waals surface area contributed by atoms with Gasteiger partial charge in [-0.15, -0.1) is 0 Å². The molecule has 1 amide bonds. The third-order valence-corrected chi connectivity index (χ3v) is 4.49. The lowest BCUT2D eigenvalue weighted by Gasteiger charge is -2.10. The van der Waals surface area contributed by atoms with Gasteiger partial charge in [0.05, 0.1) is 17.6 Å². The summed E-state index contributed by atoms with van der Waals surface area (Å²) in [5.74, 6) is 0.499. The Hall–Kier alpha value is -3.21. The summed E-state index contributed by atoms with van der Waals surface area (Å²) in [5, 5.41) is 2.92. The summed E-state index contributed by atoms with van der Waals surface area (Å²) in [5.41, 5.74) is 3.35. The molecule has 29 heavy (non-hydrogen) atoms. The normalized spacial score (nSPS) is 11.1. The van der Waals surface area contributed by atoms with Crippen molar-refractivity contribution in [2.24, 2.45) is 0 Å². The number of fused-ring (bicyclic) bond motifs is 1. The first kappa shape index (κ1) is 20.5. The summed E-state index contributed by atoms with van der Waals surface area (Å²) in [4.78, 5) is 21.5. The average Bonchev–Trinajstić information content (AvgIpc) is 2.73. The Balaban J connectivity index is 1.60. The number of rotatable bonds is 9. The van der Waals surface area contributed by atoms with Crippen LogP contribution in [0.3, 0.4) is 0 Å². The molecule has 0 aliphatic carbocycles. The molecule has 1 aromatic carbocycles. The molecule has 0 spiro atoms. The fourth-order valence-corrected chi connectivity index (χ4v) is 2.97. The predicted molar refractivity (Wildman–Crippen MR) is 117 cm³/mol. The molecule has 0 fully saturated rings. The first-order valence-electron chi connectivity index (χ1n) is 10.1. The van der Waals surface area contributed by atoms with E-state index in [0.717, 1.165) is 36.1 Å². The van der Waals surface area contributed by atoms with Crippen LogP contribution in [-0.4, -0.2) is 22.5 Å². The quantitative estimate of drug-likeness (QED) is 0.376. The van der Waals surface area contributed by atoms with Crippen LogP contribution in [0.4, 0.5) is 5.69 Å². The van der Waals surface area contributed by atoms with Gasteiger partial charge in [-0.25, -0.2) is 4.98 Å². The Kier molecular flexibility index (Phi) is 7.34. The van der Waals surface area contributed by atoms with Gasteiger partial charge in [0.15, 0.2) is 0 Å². The minimum atomic E-state index is -0.244. The van der Waals surface area contributed by atoms with E-state index in [4.69, 9.17) is 4.74 Å². The molecule has 3 aromatic rings. The molecule has 0 atom stereocenters. The number of amides is 1. The molecule has 0 radical (unpaired) electrons. The lowest BCUT2D eigenvalue weighted by Crippen LogP contribution is -2.15. The fourth-order valence-electron chi connectivity index (χ4n) is 2.97. The van der Waals surface area contributed by atoms with Crippen LogP contribution in [0.5, 0.6) is 5.75 Å². The number of pyridine rings is 2. The Labute approximate surface area is 171 Å². The van der Waals surface area contributed by atoms with Gasteiger partial charge in [0.2, 0.25) is 0 Å². The number of hydrogen-bond acceptors (Lipinski definition) is 4. The minimum Gasteiger partial charge on any atom is -0.494 e. The molecule has 5 nitrogen and oxygen atoms in total. The highest BCUT2D eigenvalue weighted by molar-refractivity contribution is 6.05. The van der Waals surface area contributed by atoms with Crippen molar-refractivity contribution in [1.82, 2.24) is 9.97 Å². The Morgan fingerprint density at radius 1 is 1.10 bits per heavy atom. The van der Waals surface area contributed by atoms with E-state index < -0.39 is 0 Å². The summed E-state index contributed by atoms with van der Waals surface area (Å²) in [6.45, 7) is 4.69. The van der Waals surface area contributed by atoms with E-state index in [0.29, 0.717) is 23.5 Å². The first-order chi connectivity index (χ1) is 14.2. The highest BCUT2D eigenvalue weighted by Gasteiger charge is 2.13. The largest absolute Gasteiger partial charge is 0.494 e. The van der Waals surface area contributed by atoms with Crippen molar-refractivity contribution >= 4 is 22.6 Å². The van der Waals surface area contributed by atoms with E-state index in [-0.39, 0.29) is 5.91 Å². The number of benzene rings is 1. The van der Waals surface area contributed by atoms with Crippen LogP contribution in [0, 0.1) is 6.92 Å². The Bertz CT molecular complexity index is 998. The summed E-state index contributed by atoms with van der Waals surface area (Å²) in [6, 6.07) is 13.0. The number of allylic oxidation sites excluding steroid dienone is 2. The number of aryl methyl sites for hydroxylation is 1. The molecule has 0 saturated carbocycles. The molecule has 2 aromatic heterocycles. The number of nitrogens with one attached hydrogen (secondary N) is 1. The van der Waals surface area contributed by atoms with Crippen LogP contribution >= 0.6 is 0 Å². The summed E-state index contributed by atoms with van der Waals surface area (Å²) in [6.07, 6.45) is 10.4. The lowest BCUT2D eigenvalue weighted by atomic mass is 10.1. The number of carbonyl (C=O) groups is 1. The second kappa shape index (κ2) is 10.4. The minimum absolute atomic E-state index is 0.244. The lowest BCUT2D eigenvalue weighted by molar-refractivity contribution is 0.102. The van der Waals surface area contributed by atoms with Crippen LogP contribution < -0.4 is 10.1 Å². The summed E-state index contributed by atoms with van der Waals surface area (Å²) in [7, 11) is 0. The molecule has 1 N–H and O–H groups in total. The number of anilines is 1. The van der Waals surface area contributed by atoms with Gasteiger partial charge in [0.25, 0.3) is 5.91 Å². The maximum Gasteiger partial charge on any atom is 0.274 e. The van der Waals surface area contributed by atoms with E-state index in [9.17, 15) is 4.79 Å². The number of hydrogen-bond donors (Lipinski definition) is 1. The molecule has 0 aliphatic rings. The Morgan fingerprint density at radius 2 is 1.97 bits per heavy atom. The maximum atomic E-state index is 12.7. The molecular formula is C24H27N3O2. The van der Waals surface area contributed by atoms with Crippen LogP contribution in [0.2, 0.25) is 0 Å². The van der Waals surface area contributed by atoms with Crippen LogP contribution in [0.15, 0.2) is 60.8 Å². The van der Waals surface area contributed by atoms with Gasteiger partial charge in [-0.2, -0.15) is 0 Å². The highest BCUT2D eigenvalue weighted by atomic mass is 16.5. The van der Waals surface area contributed by atoms with Crippen molar-refractivity contribution in [2.45, 2.75) is 39.5 Å². The van der Waals surface area contributed by atoms with Crippen LogP contribution in [0.1, 0.15) is 48.7 Å². The van der Waals surface area contributed by atoms with Gasteiger partial charge in [-0.05, 0) is 62.1 Å². The molecular weight excluding hydrogens is 362 g/mol. The van der Waals surface area contributed by atoms with Crippen molar-refractivity contribution in [2.75, 3.05) is 11.9 Å². The smallest absolute Gasteiger partial charge is 0.274 e. The molecule has 0 unspecified atom stereocenters. The summed E-state index contributed by atoms with van der Waals surface area (Å²) >= 11 is 0. The molecule has 5 heteroatoms. The van der Waals surface area contributed by atoms with E-state index >= 15 is 0 Å². The second-order valence-corrected chi connectivity index (χ2v) is 6.93. The SMILES string of the molecule is CCCC=CCCCOc1cccc(NC(=O)c2nc3cccnc3cc2C)c1. The van der Waals surface area contributed by atoms with Gasteiger partial charge in [-0.1, -0.05) is 31.6 Å². The van der Waals surface area contributed by atoms with Crippen LogP contribution in [0.25, 0.3) is 11.0 Å². The van der Waals surface area contributed by atoms with Gasteiger partial charge >= 0.3 is 0 Å². The zero-order chi connectivity index (χ0) is 20.5. The van der Waals surface area contributed by atoms with E-state index in [1.807, 2.05) is 49.4 Å². The topological polar surface area (TPSA) is 64.1 Å². The second-order valence-electron chi connectivity index (χ2n) is 6.93. The maximum absolute atomic E-state index is 12.7. The third kappa shape index (κ3) is 5.88. The summed E-state index contributed by atoms with van der Waals surface area (Å²) < 4.78 is 5.81. The van der Waals surface area contributed by atoms with Gasteiger partial charge in [0, 0.05) is 18.0 Å². The van der Waals surface area contributed by atoms with Gasteiger partial charge < -0.3 is 10.1 Å². The molecule has 2 heterocycles. The number of carbonyl (C=O) groups excluding carboxylic acids is 1. The van der Waals surface area contributed by atoms with Crippen molar-refractivity contribution in [3.05, 3.63) is 72.1 Å². The fraction of sp³-hybridized carbons (Fsp3) is 0.292. The number of ether oxygens (including phenoxy) is 1. The van der Waals surface area contributed by atoms with Crippen molar-refractivity contribution in [3.63, 3.8) is 0 Å². The van der Waals surface area contributed by atoms with Crippen molar-refractivity contribution in [3.8, 4) is 5.75 Å². The van der Waals surface area contributed by atoms with Gasteiger partial charge in [0.1, 0.15) is 11.4 Å². The van der Waals surface area contributed by atoms with Crippen molar-refractivity contribution < 1.29 is 9.53 Å². The third-order valence-electron chi connectivity index (χ3n) is 4.49. The first-order valence-corrected chi connectivity index (χ1v) is 10.1. The van der Waals surface area contributed by atoms with E-state index in [2.05, 4.69) is 34.4 Å². The number of aromatic nitrogens is 2. The zero-order valence-corrected chi connectivity index (χ0v) is 17.0. The van der Waals surface area contributed by atoms with Crippen LogP contribution in [-0.2, 0) is 0 Å². The standard InChI is InChI=1S/C24H27N3O2/c1-3-4-5-6-7-8-15-29-20-12-9-11-19(17-20)26-24(28)23-18(2)16-22-21(27-23)13-10-14-25-22/h5-6,9-14,16-17H,3-4,7-8,15H2,1-2H3,(H,26,28). The molecule has 3 rings (SSSR count). The van der Waals surface area contributed by atoms with E-state index in [1.54, 1.807) is 6.20 Å². The monoisotopic (exact) mass is 389 g/mol. The zero-order valence-electron chi connectivity index (χ0n) is 17.0. The predicted octanol–water partition coefficient (Wildman–Crippen LogP) is 5.71. The number of nitrogens with zero attached hydrogens (tertiary/aromatic N) is 2. The molecule has 0 aliphatic heterocycles. The highest BCUT2D eigenvalue weighted by Crippen LogP contribution is 2.20. The molecule has 0 saturated heterocycles. The number of unbranched alkanes of at least 4 members (excludes halogenated alkanes) is 2. The average molecular weight is 389 g/mol. The molecule has 150 valence electrons.